The maximum absolute atomic E-state index is 9.16. The highest BCUT2D eigenvalue weighted by molar-refractivity contribution is 5.30. The predicted molar refractivity (Wildman–Crippen MR) is 74.0 cm³/mol. The van der Waals surface area contributed by atoms with E-state index in [0.717, 1.165) is 31.7 Å². The molecule has 3 rings (SSSR count). The third-order valence-electron chi connectivity index (χ3n) is 3.69. The maximum Gasteiger partial charge on any atom is 0.0645 e. The zero-order chi connectivity index (χ0) is 13.1. The second-order valence-electron chi connectivity index (χ2n) is 5.20. The molecule has 1 aliphatic heterocycles. The molecule has 1 unspecified atom stereocenters. The fraction of sp³-hybridized carbons (Fsp3) is 0.400. The van der Waals surface area contributed by atoms with Gasteiger partial charge in [0.1, 0.15) is 0 Å². The highest BCUT2D eigenvalue weighted by Gasteiger charge is 2.21. The van der Waals surface area contributed by atoms with E-state index in [1.807, 2.05) is 29.1 Å². The first-order valence-corrected chi connectivity index (χ1v) is 6.77. The van der Waals surface area contributed by atoms with Crippen LogP contribution in [0.5, 0.6) is 0 Å². The Hall–Kier alpha value is -1.65. The molecular formula is C15H19N3O. The quantitative estimate of drug-likeness (QED) is 0.906. The summed E-state index contributed by atoms with van der Waals surface area (Å²) in [6, 6.07) is 10.1. The van der Waals surface area contributed by atoms with E-state index >= 15 is 0 Å². The number of hydrogen-bond donors (Lipinski definition) is 1. The fourth-order valence-corrected chi connectivity index (χ4v) is 2.63. The Kier molecular flexibility index (Phi) is 3.62. The van der Waals surface area contributed by atoms with Gasteiger partial charge in [0, 0.05) is 31.5 Å². The lowest BCUT2D eigenvalue weighted by atomic mass is 10.1. The number of aliphatic hydroxyl groups is 1. The van der Waals surface area contributed by atoms with Crippen molar-refractivity contribution in [1.82, 2.24) is 14.7 Å². The van der Waals surface area contributed by atoms with Crippen LogP contribution in [0.1, 0.15) is 12.0 Å². The Morgan fingerprint density at radius 2 is 2.11 bits per heavy atom. The van der Waals surface area contributed by atoms with Crippen molar-refractivity contribution in [2.45, 2.75) is 13.0 Å². The number of benzene rings is 1. The van der Waals surface area contributed by atoms with Crippen LogP contribution in [-0.4, -0.2) is 39.5 Å². The van der Waals surface area contributed by atoms with Gasteiger partial charge >= 0.3 is 0 Å². The van der Waals surface area contributed by atoms with Gasteiger partial charge in [0.05, 0.1) is 11.9 Å². The summed E-state index contributed by atoms with van der Waals surface area (Å²) in [6.07, 6.45) is 5.12. The fourth-order valence-electron chi connectivity index (χ4n) is 2.63. The number of rotatable bonds is 4. The Morgan fingerprint density at radius 1 is 1.26 bits per heavy atom. The Bertz CT molecular complexity index is 523. The van der Waals surface area contributed by atoms with Gasteiger partial charge in [-0.25, -0.2) is 4.68 Å². The molecule has 0 bridgehead atoms. The standard InChI is InChI=1S/C15H19N3O/c19-12-13-6-7-17(9-13)10-14-8-16-18(11-14)15-4-2-1-3-5-15/h1-5,8,11,13,19H,6-7,9-10,12H2. The van der Waals surface area contributed by atoms with Crippen LogP contribution in [0.15, 0.2) is 42.7 Å². The minimum absolute atomic E-state index is 0.305. The molecule has 0 spiro atoms. The zero-order valence-electron chi connectivity index (χ0n) is 10.9. The average Bonchev–Trinajstić information content (AvgIpc) is 3.09. The molecule has 2 aromatic rings. The zero-order valence-corrected chi connectivity index (χ0v) is 10.9. The van der Waals surface area contributed by atoms with Crippen LogP contribution in [0.25, 0.3) is 5.69 Å². The molecule has 4 heteroatoms. The highest BCUT2D eigenvalue weighted by Crippen LogP contribution is 2.18. The van der Waals surface area contributed by atoms with Gasteiger partial charge in [-0.1, -0.05) is 18.2 Å². The van der Waals surface area contributed by atoms with Gasteiger partial charge < -0.3 is 5.11 Å². The van der Waals surface area contributed by atoms with Gasteiger partial charge in [0.15, 0.2) is 0 Å². The number of aliphatic hydroxyl groups excluding tert-OH is 1. The molecule has 0 radical (unpaired) electrons. The number of aromatic nitrogens is 2. The van der Waals surface area contributed by atoms with Crippen LogP contribution in [0, 0.1) is 5.92 Å². The number of likely N-dealkylation sites (tertiary alicyclic amines) is 1. The first-order valence-electron chi connectivity index (χ1n) is 6.77. The van der Waals surface area contributed by atoms with E-state index in [1.54, 1.807) is 0 Å². The minimum atomic E-state index is 0.305. The molecule has 1 N–H and O–H groups in total. The molecule has 1 atom stereocenters. The lowest BCUT2D eigenvalue weighted by Gasteiger charge is -2.13. The van der Waals surface area contributed by atoms with Crippen LogP contribution in [0.2, 0.25) is 0 Å². The Labute approximate surface area is 113 Å². The second kappa shape index (κ2) is 5.55. The van der Waals surface area contributed by atoms with Crippen LogP contribution < -0.4 is 0 Å². The third-order valence-corrected chi connectivity index (χ3v) is 3.69. The summed E-state index contributed by atoms with van der Waals surface area (Å²) in [5.74, 6) is 0.448. The largest absolute Gasteiger partial charge is 0.396 e. The number of hydrogen-bond acceptors (Lipinski definition) is 3. The molecule has 1 aromatic carbocycles. The predicted octanol–water partition coefficient (Wildman–Crippen LogP) is 1.69. The van der Waals surface area contributed by atoms with Crippen molar-refractivity contribution in [1.29, 1.82) is 0 Å². The summed E-state index contributed by atoms with van der Waals surface area (Å²) in [5.41, 5.74) is 2.31. The van der Waals surface area contributed by atoms with Gasteiger partial charge in [-0.3, -0.25) is 4.90 Å². The molecule has 1 saturated heterocycles. The average molecular weight is 257 g/mol. The van der Waals surface area contributed by atoms with E-state index in [-0.39, 0.29) is 0 Å². The SMILES string of the molecule is OCC1CCN(Cc2cnn(-c3ccccc3)c2)C1. The van der Waals surface area contributed by atoms with E-state index in [0.29, 0.717) is 12.5 Å². The summed E-state index contributed by atoms with van der Waals surface area (Å²) < 4.78 is 1.91. The van der Waals surface area contributed by atoms with Crippen molar-refractivity contribution < 1.29 is 5.11 Å². The van der Waals surface area contributed by atoms with Crippen LogP contribution in [-0.2, 0) is 6.54 Å². The van der Waals surface area contributed by atoms with E-state index in [1.165, 1.54) is 5.56 Å². The van der Waals surface area contributed by atoms with Crippen molar-refractivity contribution in [2.75, 3.05) is 19.7 Å². The van der Waals surface area contributed by atoms with Crippen molar-refractivity contribution in [3.63, 3.8) is 0 Å². The molecule has 0 aliphatic carbocycles. The summed E-state index contributed by atoms with van der Waals surface area (Å²) in [4.78, 5) is 2.38. The third kappa shape index (κ3) is 2.85. The molecule has 100 valence electrons. The smallest absolute Gasteiger partial charge is 0.0645 e. The number of nitrogens with zero attached hydrogens (tertiary/aromatic N) is 3. The summed E-state index contributed by atoms with van der Waals surface area (Å²) >= 11 is 0. The lowest BCUT2D eigenvalue weighted by molar-refractivity contribution is 0.220. The first-order chi connectivity index (χ1) is 9.35. The van der Waals surface area contributed by atoms with Gasteiger partial charge in [-0.15, -0.1) is 0 Å². The van der Waals surface area contributed by atoms with Crippen molar-refractivity contribution in [3.05, 3.63) is 48.3 Å². The summed E-state index contributed by atoms with van der Waals surface area (Å²) in [7, 11) is 0. The summed E-state index contributed by atoms with van der Waals surface area (Å²) in [6.45, 7) is 3.29. The van der Waals surface area contributed by atoms with Crippen LogP contribution in [0.3, 0.4) is 0 Å². The Balaban J connectivity index is 1.66. The molecule has 0 amide bonds. The molecule has 1 aromatic heterocycles. The van der Waals surface area contributed by atoms with Gasteiger partial charge in [-0.05, 0) is 31.0 Å². The van der Waals surface area contributed by atoms with Gasteiger partial charge in [0.25, 0.3) is 0 Å². The highest BCUT2D eigenvalue weighted by atomic mass is 16.3. The number of para-hydroxylation sites is 1. The summed E-state index contributed by atoms with van der Waals surface area (Å²) in [5, 5.41) is 13.6. The van der Waals surface area contributed by atoms with E-state index in [4.69, 9.17) is 5.11 Å². The van der Waals surface area contributed by atoms with E-state index in [9.17, 15) is 0 Å². The first kappa shape index (κ1) is 12.4. The lowest BCUT2D eigenvalue weighted by Crippen LogP contribution is -2.20. The second-order valence-corrected chi connectivity index (χ2v) is 5.20. The molecule has 1 aliphatic rings. The molecule has 2 heterocycles. The molecule has 1 fully saturated rings. The van der Waals surface area contributed by atoms with Gasteiger partial charge in [0.2, 0.25) is 0 Å². The monoisotopic (exact) mass is 257 g/mol. The van der Waals surface area contributed by atoms with E-state index < -0.39 is 0 Å². The molecule has 0 saturated carbocycles. The van der Waals surface area contributed by atoms with Crippen molar-refractivity contribution >= 4 is 0 Å². The van der Waals surface area contributed by atoms with Crippen LogP contribution >= 0.6 is 0 Å². The minimum Gasteiger partial charge on any atom is -0.396 e. The van der Waals surface area contributed by atoms with Crippen molar-refractivity contribution in [2.24, 2.45) is 5.92 Å². The van der Waals surface area contributed by atoms with E-state index in [2.05, 4.69) is 28.3 Å². The maximum atomic E-state index is 9.16. The Morgan fingerprint density at radius 3 is 2.84 bits per heavy atom. The van der Waals surface area contributed by atoms with Gasteiger partial charge in [-0.2, -0.15) is 5.10 Å². The van der Waals surface area contributed by atoms with Crippen molar-refractivity contribution in [3.8, 4) is 5.69 Å². The normalized spacial score (nSPS) is 19.9. The molecule has 19 heavy (non-hydrogen) atoms. The topological polar surface area (TPSA) is 41.3 Å². The molecule has 4 nitrogen and oxygen atoms in total. The van der Waals surface area contributed by atoms with Crippen LogP contribution in [0.4, 0.5) is 0 Å². The molecular weight excluding hydrogens is 238 g/mol.